The maximum Gasteiger partial charge on any atom is 0.416 e. The third-order valence-corrected chi connectivity index (χ3v) is 4.01. The Balaban J connectivity index is 2.13. The molecule has 0 aromatic heterocycles. The van der Waals surface area contributed by atoms with Crippen molar-refractivity contribution in [1.29, 1.82) is 0 Å². The van der Waals surface area contributed by atoms with Crippen LogP contribution in [0.2, 0.25) is 0 Å². The Kier molecular flexibility index (Phi) is 5.93. The van der Waals surface area contributed by atoms with Gasteiger partial charge in [0.25, 0.3) is 0 Å². The van der Waals surface area contributed by atoms with E-state index in [1.54, 1.807) is 6.92 Å². The first-order valence-electron chi connectivity index (χ1n) is 7.86. The Labute approximate surface area is 138 Å². The second kappa shape index (κ2) is 7.74. The van der Waals surface area contributed by atoms with Crippen LogP contribution in [0.3, 0.4) is 0 Å². The number of amides is 2. The van der Waals surface area contributed by atoms with Gasteiger partial charge in [0.1, 0.15) is 5.75 Å². The van der Waals surface area contributed by atoms with Crippen molar-refractivity contribution in [2.45, 2.75) is 25.9 Å². The number of carbonyl (C=O) groups excluding carboxylic acids is 1. The zero-order chi connectivity index (χ0) is 17.7. The van der Waals surface area contributed by atoms with Crippen LogP contribution in [0.15, 0.2) is 18.2 Å². The first-order chi connectivity index (χ1) is 11.3. The number of aliphatic hydroxyl groups excluding tert-OH is 1. The molecule has 0 saturated carbocycles. The molecule has 1 aromatic carbocycles. The first-order valence-corrected chi connectivity index (χ1v) is 7.86. The minimum atomic E-state index is -4.50. The van der Waals surface area contributed by atoms with Crippen molar-refractivity contribution in [2.75, 3.05) is 31.6 Å². The Morgan fingerprint density at radius 2 is 2.04 bits per heavy atom. The van der Waals surface area contributed by atoms with Crippen LogP contribution in [0.1, 0.15) is 25.3 Å². The summed E-state index contributed by atoms with van der Waals surface area (Å²) < 4.78 is 43.9. The molecule has 2 amide bonds. The second-order valence-electron chi connectivity index (χ2n) is 5.68. The molecular weight excluding hydrogens is 325 g/mol. The molecule has 2 rings (SSSR count). The topological polar surface area (TPSA) is 61.8 Å². The molecule has 1 aromatic rings. The number of nitrogens with zero attached hydrogens (tertiary/aromatic N) is 1. The summed E-state index contributed by atoms with van der Waals surface area (Å²) in [6.07, 6.45) is -3.15. The van der Waals surface area contributed by atoms with Gasteiger partial charge < -0.3 is 20.1 Å². The minimum Gasteiger partial charge on any atom is -0.492 e. The number of likely N-dealkylation sites (tertiary alicyclic amines) is 1. The van der Waals surface area contributed by atoms with Crippen LogP contribution in [-0.4, -0.2) is 42.3 Å². The highest BCUT2D eigenvalue weighted by molar-refractivity contribution is 5.91. The van der Waals surface area contributed by atoms with Gasteiger partial charge in [-0.1, -0.05) is 0 Å². The van der Waals surface area contributed by atoms with Crippen molar-refractivity contribution in [1.82, 2.24) is 4.90 Å². The standard InChI is InChI=1S/C16H21F3N2O3/c1-2-24-14-4-3-12(16(17,18)19)9-13(14)20-15(23)21-7-5-11(10-22)6-8-21/h3-4,9,11,22H,2,5-8,10H2,1H3,(H,20,23). The monoisotopic (exact) mass is 346 g/mol. The highest BCUT2D eigenvalue weighted by Gasteiger charge is 2.32. The van der Waals surface area contributed by atoms with Crippen LogP contribution >= 0.6 is 0 Å². The van der Waals surface area contributed by atoms with E-state index >= 15 is 0 Å². The number of hydrogen-bond acceptors (Lipinski definition) is 3. The van der Waals surface area contributed by atoms with E-state index in [1.165, 1.54) is 11.0 Å². The molecule has 0 aliphatic carbocycles. The van der Waals surface area contributed by atoms with Gasteiger partial charge in [0.2, 0.25) is 0 Å². The molecule has 134 valence electrons. The molecule has 1 fully saturated rings. The summed E-state index contributed by atoms with van der Waals surface area (Å²) in [6.45, 7) is 2.98. The number of benzene rings is 1. The summed E-state index contributed by atoms with van der Waals surface area (Å²) in [5.41, 5.74) is -0.846. The Hall–Kier alpha value is -1.96. The molecule has 24 heavy (non-hydrogen) atoms. The maximum absolute atomic E-state index is 12.9. The number of aliphatic hydroxyl groups is 1. The number of ether oxygens (including phenoxy) is 1. The van der Waals surface area contributed by atoms with E-state index in [2.05, 4.69) is 5.32 Å². The average molecular weight is 346 g/mol. The number of carbonyl (C=O) groups is 1. The zero-order valence-electron chi connectivity index (χ0n) is 13.4. The zero-order valence-corrected chi connectivity index (χ0v) is 13.4. The Morgan fingerprint density at radius 3 is 2.58 bits per heavy atom. The van der Waals surface area contributed by atoms with Gasteiger partial charge in [0.05, 0.1) is 17.9 Å². The lowest BCUT2D eigenvalue weighted by molar-refractivity contribution is -0.137. The van der Waals surface area contributed by atoms with Gasteiger partial charge in [-0.3, -0.25) is 0 Å². The average Bonchev–Trinajstić information content (AvgIpc) is 2.55. The largest absolute Gasteiger partial charge is 0.492 e. The van der Waals surface area contributed by atoms with Crippen LogP contribution in [0, 0.1) is 5.92 Å². The van der Waals surface area contributed by atoms with Gasteiger partial charge in [-0.05, 0) is 43.9 Å². The lowest BCUT2D eigenvalue weighted by Crippen LogP contribution is -2.41. The minimum absolute atomic E-state index is 0.000886. The number of nitrogens with one attached hydrogen (secondary N) is 1. The molecule has 0 unspecified atom stereocenters. The lowest BCUT2D eigenvalue weighted by Gasteiger charge is -2.31. The number of rotatable bonds is 4. The molecule has 8 heteroatoms. The van der Waals surface area contributed by atoms with Crippen molar-refractivity contribution in [3.8, 4) is 5.75 Å². The molecule has 0 bridgehead atoms. The molecule has 1 aliphatic heterocycles. The number of halogens is 3. The summed E-state index contributed by atoms with van der Waals surface area (Å²) in [5, 5.41) is 11.6. The highest BCUT2D eigenvalue weighted by atomic mass is 19.4. The lowest BCUT2D eigenvalue weighted by atomic mass is 9.98. The van der Waals surface area contributed by atoms with Gasteiger partial charge >= 0.3 is 12.2 Å². The molecule has 0 atom stereocenters. The number of alkyl halides is 3. The van der Waals surface area contributed by atoms with E-state index < -0.39 is 17.8 Å². The fourth-order valence-electron chi connectivity index (χ4n) is 2.60. The van der Waals surface area contributed by atoms with Crippen LogP contribution in [-0.2, 0) is 6.18 Å². The van der Waals surface area contributed by atoms with Crippen molar-refractivity contribution in [2.24, 2.45) is 5.92 Å². The fraction of sp³-hybridized carbons (Fsp3) is 0.562. The first kappa shape index (κ1) is 18.4. The van der Waals surface area contributed by atoms with Gasteiger partial charge in [-0.2, -0.15) is 13.2 Å². The highest BCUT2D eigenvalue weighted by Crippen LogP contribution is 2.35. The Morgan fingerprint density at radius 1 is 1.38 bits per heavy atom. The molecule has 1 saturated heterocycles. The normalized spacial score (nSPS) is 16.1. The molecule has 2 N–H and O–H groups in total. The summed E-state index contributed by atoms with van der Waals surface area (Å²) in [4.78, 5) is 13.8. The number of anilines is 1. The van der Waals surface area contributed by atoms with Crippen molar-refractivity contribution < 1.29 is 27.8 Å². The number of urea groups is 1. The quantitative estimate of drug-likeness (QED) is 0.879. The third-order valence-electron chi connectivity index (χ3n) is 4.01. The summed E-state index contributed by atoms with van der Waals surface area (Å²) in [7, 11) is 0. The fourth-order valence-corrected chi connectivity index (χ4v) is 2.60. The molecule has 5 nitrogen and oxygen atoms in total. The summed E-state index contributed by atoms with van der Waals surface area (Å²) in [5.74, 6) is 0.366. The maximum atomic E-state index is 12.9. The molecule has 1 heterocycles. The predicted molar refractivity (Wildman–Crippen MR) is 83.0 cm³/mol. The van der Waals surface area contributed by atoms with E-state index in [4.69, 9.17) is 9.84 Å². The van der Waals surface area contributed by atoms with E-state index in [9.17, 15) is 18.0 Å². The molecular formula is C16H21F3N2O3. The summed E-state index contributed by atoms with van der Waals surface area (Å²) in [6, 6.07) is 2.54. The van der Waals surface area contributed by atoms with Crippen LogP contribution in [0.5, 0.6) is 5.75 Å². The van der Waals surface area contributed by atoms with Crippen molar-refractivity contribution >= 4 is 11.7 Å². The third kappa shape index (κ3) is 4.53. The van der Waals surface area contributed by atoms with Gasteiger partial charge in [-0.25, -0.2) is 4.79 Å². The van der Waals surface area contributed by atoms with E-state index in [0.717, 1.165) is 12.1 Å². The van der Waals surface area contributed by atoms with E-state index in [1.807, 2.05) is 0 Å². The predicted octanol–water partition coefficient (Wildman–Crippen LogP) is 3.34. The van der Waals surface area contributed by atoms with Crippen LogP contribution < -0.4 is 10.1 Å². The van der Waals surface area contributed by atoms with Crippen molar-refractivity contribution in [3.63, 3.8) is 0 Å². The van der Waals surface area contributed by atoms with Crippen molar-refractivity contribution in [3.05, 3.63) is 23.8 Å². The SMILES string of the molecule is CCOc1ccc(C(F)(F)F)cc1NC(=O)N1CCC(CO)CC1. The number of piperidine rings is 1. The van der Waals surface area contributed by atoms with Gasteiger partial charge in [0.15, 0.2) is 0 Å². The summed E-state index contributed by atoms with van der Waals surface area (Å²) >= 11 is 0. The molecule has 1 aliphatic rings. The number of hydrogen-bond donors (Lipinski definition) is 2. The molecule has 0 radical (unpaired) electrons. The Bertz CT molecular complexity index is 570. The molecule has 0 spiro atoms. The van der Waals surface area contributed by atoms with Crippen LogP contribution in [0.4, 0.5) is 23.7 Å². The second-order valence-corrected chi connectivity index (χ2v) is 5.68. The van der Waals surface area contributed by atoms with Gasteiger partial charge in [-0.15, -0.1) is 0 Å². The van der Waals surface area contributed by atoms with Gasteiger partial charge in [0, 0.05) is 19.7 Å². The smallest absolute Gasteiger partial charge is 0.416 e. The van der Waals surface area contributed by atoms with E-state index in [0.29, 0.717) is 25.9 Å². The van der Waals surface area contributed by atoms with Crippen LogP contribution in [0.25, 0.3) is 0 Å². The van der Waals surface area contributed by atoms with E-state index in [-0.39, 0.29) is 30.6 Å².